The van der Waals surface area contributed by atoms with E-state index in [1.807, 2.05) is 23.4 Å². The van der Waals surface area contributed by atoms with Gasteiger partial charge in [-0.2, -0.15) is 0 Å². The zero-order valence-corrected chi connectivity index (χ0v) is 11.7. The fraction of sp³-hybridized carbons (Fsp3) is 0.500. The van der Waals surface area contributed by atoms with Crippen molar-refractivity contribution >= 4 is 33.2 Å². The van der Waals surface area contributed by atoms with Gasteiger partial charge in [-0.25, -0.2) is 0 Å². The third-order valence-electron chi connectivity index (χ3n) is 2.28. The maximum atomic E-state index is 11.4. The van der Waals surface area contributed by atoms with E-state index in [-0.39, 0.29) is 18.6 Å². The van der Waals surface area contributed by atoms with E-state index in [9.17, 15) is 4.79 Å². The number of hydrogen-bond donors (Lipinski definition) is 1. The van der Waals surface area contributed by atoms with E-state index in [1.165, 1.54) is 7.11 Å². The molecule has 16 heavy (non-hydrogen) atoms. The normalized spacial score (nSPS) is 12.8. The van der Waals surface area contributed by atoms with Crippen molar-refractivity contribution in [3.8, 4) is 0 Å². The molecule has 0 spiro atoms. The van der Waals surface area contributed by atoms with Gasteiger partial charge in [0.25, 0.3) is 0 Å². The number of methoxy groups -OCH3 is 1. The first kappa shape index (κ1) is 13.6. The van der Waals surface area contributed by atoms with Gasteiger partial charge in [0.05, 0.1) is 10.9 Å². The molecule has 1 aromatic rings. The summed E-state index contributed by atoms with van der Waals surface area (Å²) in [6.07, 6.45) is 0. The van der Waals surface area contributed by atoms with Gasteiger partial charge in [0.2, 0.25) is 0 Å². The van der Waals surface area contributed by atoms with Crippen LogP contribution in [0.3, 0.4) is 0 Å². The second-order valence-corrected chi connectivity index (χ2v) is 5.74. The highest BCUT2D eigenvalue weighted by atomic mass is 79.9. The lowest BCUT2D eigenvalue weighted by atomic mass is 10.2. The van der Waals surface area contributed by atoms with Crippen LogP contribution in [-0.4, -0.2) is 37.6 Å². The summed E-state index contributed by atoms with van der Waals surface area (Å²) in [6, 6.07) is 1.65. The second-order valence-electron chi connectivity index (χ2n) is 3.45. The molecule has 0 radical (unpaired) electrons. The molecule has 1 heterocycles. The number of ether oxygens (including phenoxy) is 1. The van der Waals surface area contributed by atoms with E-state index in [2.05, 4.69) is 15.9 Å². The standard InChI is InChI=1S/C10H15BrN2O2S/c1-13(8(4-12)10(14)15-2)5-7-3-9(11)16-6-7/h3,6,8H,4-5,12H2,1-2H3. The van der Waals surface area contributed by atoms with Crippen molar-refractivity contribution in [3.05, 3.63) is 20.8 Å². The Labute approximate surface area is 108 Å². The van der Waals surface area contributed by atoms with Crippen LogP contribution in [-0.2, 0) is 16.1 Å². The number of thiophene rings is 1. The zero-order chi connectivity index (χ0) is 12.1. The minimum absolute atomic E-state index is 0.258. The van der Waals surface area contributed by atoms with Gasteiger partial charge in [0.1, 0.15) is 6.04 Å². The molecule has 0 aromatic carbocycles. The molecule has 1 aromatic heterocycles. The third kappa shape index (κ3) is 3.55. The van der Waals surface area contributed by atoms with Crippen LogP contribution < -0.4 is 5.73 Å². The number of nitrogens with zero attached hydrogens (tertiary/aromatic N) is 1. The summed E-state index contributed by atoms with van der Waals surface area (Å²) in [6.45, 7) is 0.938. The lowest BCUT2D eigenvalue weighted by Crippen LogP contribution is -2.44. The SMILES string of the molecule is COC(=O)C(CN)N(C)Cc1csc(Br)c1. The van der Waals surface area contributed by atoms with E-state index >= 15 is 0 Å². The number of carbonyl (C=O) groups excluding carboxylic acids is 1. The average Bonchev–Trinajstić information content (AvgIpc) is 2.64. The third-order valence-corrected chi connectivity index (χ3v) is 3.84. The lowest BCUT2D eigenvalue weighted by Gasteiger charge is -2.24. The Hall–Kier alpha value is -0.430. The van der Waals surface area contributed by atoms with Crippen LogP contribution in [0.1, 0.15) is 5.56 Å². The molecule has 0 bridgehead atoms. The molecule has 1 unspecified atom stereocenters. The summed E-state index contributed by atoms with van der Waals surface area (Å²) in [5.41, 5.74) is 6.71. The molecule has 1 atom stereocenters. The van der Waals surface area contributed by atoms with Gasteiger partial charge in [0.15, 0.2) is 0 Å². The molecule has 1 rings (SSSR count). The van der Waals surface area contributed by atoms with Crippen molar-refractivity contribution in [1.82, 2.24) is 4.90 Å². The number of rotatable bonds is 5. The number of carbonyl (C=O) groups is 1. The highest BCUT2D eigenvalue weighted by molar-refractivity contribution is 9.11. The summed E-state index contributed by atoms with van der Waals surface area (Å²) in [5, 5.41) is 2.05. The van der Waals surface area contributed by atoms with E-state index in [1.54, 1.807) is 11.3 Å². The van der Waals surface area contributed by atoms with Crippen molar-refractivity contribution in [2.45, 2.75) is 12.6 Å². The van der Waals surface area contributed by atoms with Gasteiger partial charge >= 0.3 is 5.97 Å². The van der Waals surface area contributed by atoms with Gasteiger partial charge in [-0.3, -0.25) is 9.69 Å². The van der Waals surface area contributed by atoms with Crippen molar-refractivity contribution in [3.63, 3.8) is 0 Å². The summed E-state index contributed by atoms with van der Waals surface area (Å²) in [7, 11) is 3.24. The Balaban J connectivity index is 2.62. The first-order valence-electron chi connectivity index (χ1n) is 4.79. The predicted octanol–water partition coefficient (Wildman–Crippen LogP) is 1.44. The largest absolute Gasteiger partial charge is 0.468 e. The Morgan fingerprint density at radius 1 is 1.75 bits per heavy atom. The van der Waals surface area contributed by atoms with Crippen LogP contribution >= 0.6 is 27.3 Å². The Bertz CT molecular complexity index is 356. The molecule has 6 heteroatoms. The Kier molecular flexibility index (Phi) is 5.40. The Morgan fingerprint density at radius 2 is 2.44 bits per heavy atom. The van der Waals surface area contributed by atoms with E-state index in [0.717, 1.165) is 9.35 Å². The molecular weight excluding hydrogens is 292 g/mol. The molecule has 0 amide bonds. The van der Waals surface area contributed by atoms with Gasteiger partial charge in [-0.05, 0) is 40.0 Å². The summed E-state index contributed by atoms with van der Waals surface area (Å²) < 4.78 is 5.78. The molecule has 90 valence electrons. The summed E-state index contributed by atoms with van der Waals surface area (Å²) in [4.78, 5) is 13.3. The number of esters is 1. The highest BCUT2D eigenvalue weighted by Gasteiger charge is 2.22. The first-order chi connectivity index (χ1) is 7.58. The molecule has 0 saturated carbocycles. The van der Waals surface area contributed by atoms with Crippen LogP contribution in [0.25, 0.3) is 0 Å². The molecule has 0 aliphatic heterocycles. The fourth-order valence-corrected chi connectivity index (χ4v) is 2.62. The molecule has 0 saturated heterocycles. The van der Waals surface area contributed by atoms with Gasteiger partial charge in [-0.15, -0.1) is 11.3 Å². The van der Waals surface area contributed by atoms with Crippen LogP contribution in [0.4, 0.5) is 0 Å². The van der Waals surface area contributed by atoms with E-state index < -0.39 is 0 Å². The highest BCUT2D eigenvalue weighted by Crippen LogP contribution is 2.21. The van der Waals surface area contributed by atoms with E-state index in [0.29, 0.717) is 6.54 Å². The second kappa shape index (κ2) is 6.34. The number of halogens is 1. The van der Waals surface area contributed by atoms with Gasteiger partial charge in [0, 0.05) is 13.1 Å². The molecule has 2 N–H and O–H groups in total. The quantitative estimate of drug-likeness (QED) is 0.837. The summed E-state index contributed by atoms with van der Waals surface area (Å²) in [5.74, 6) is -0.292. The van der Waals surface area contributed by atoms with Crippen LogP contribution in [0.2, 0.25) is 0 Å². The monoisotopic (exact) mass is 306 g/mol. The molecule has 4 nitrogen and oxygen atoms in total. The first-order valence-corrected chi connectivity index (χ1v) is 6.46. The zero-order valence-electron chi connectivity index (χ0n) is 9.27. The van der Waals surface area contributed by atoms with Gasteiger partial charge < -0.3 is 10.5 Å². The molecular formula is C10H15BrN2O2S. The predicted molar refractivity (Wildman–Crippen MR) is 68.3 cm³/mol. The topological polar surface area (TPSA) is 55.6 Å². The smallest absolute Gasteiger partial charge is 0.324 e. The maximum absolute atomic E-state index is 11.4. The van der Waals surface area contributed by atoms with Crippen LogP contribution in [0.5, 0.6) is 0 Å². The Morgan fingerprint density at radius 3 is 2.88 bits per heavy atom. The summed E-state index contributed by atoms with van der Waals surface area (Å²) >= 11 is 5.02. The average molecular weight is 307 g/mol. The van der Waals surface area contributed by atoms with Crippen LogP contribution in [0, 0.1) is 0 Å². The fourth-order valence-electron chi connectivity index (χ4n) is 1.42. The molecule has 0 fully saturated rings. The molecule has 0 aliphatic carbocycles. The van der Waals surface area contributed by atoms with Crippen molar-refractivity contribution < 1.29 is 9.53 Å². The lowest BCUT2D eigenvalue weighted by molar-refractivity contribution is -0.146. The van der Waals surface area contributed by atoms with Crippen molar-refractivity contribution in [2.75, 3.05) is 20.7 Å². The molecule has 0 aliphatic rings. The van der Waals surface area contributed by atoms with E-state index in [4.69, 9.17) is 10.5 Å². The van der Waals surface area contributed by atoms with Crippen molar-refractivity contribution in [1.29, 1.82) is 0 Å². The van der Waals surface area contributed by atoms with Gasteiger partial charge in [-0.1, -0.05) is 0 Å². The minimum Gasteiger partial charge on any atom is -0.468 e. The van der Waals surface area contributed by atoms with Crippen molar-refractivity contribution in [2.24, 2.45) is 5.73 Å². The van der Waals surface area contributed by atoms with Crippen LogP contribution in [0.15, 0.2) is 15.2 Å². The minimum atomic E-state index is -0.385. The maximum Gasteiger partial charge on any atom is 0.324 e. The number of likely N-dealkylation sites (N-methyl/N-ethyl adjacent to an activating group) is 1. The number of nitrogens with two attached hydrogens (primary N) is 1. The number of hydrogen-bond acceptors (Lipinski definition) is 5.